The van der Waals surface area contributed by atoms with Gasteiger partial charge in [0.15, 0.2) is 0 Å². The van der Waals surface area contributed by atoms with Crippen molar-refractivity contribution in [3.05, 3.63) is 5.28 Å². The van der Waals surface area contributed by atoms with Crippen LogP contribution in [0.3, 0.4) is 0 Å². The monoisotopic (exact) mass is 254 g/mol. The minimum absolute atomic E-state index is 0.202. The van der Waals surface area contributed by atoms with E-state index in [0.29, 0.717) is 18.0 Å². The molecule has 0 unspecified atom stereocenters. The molecule has 0 atom stereocenters. The molecule has 0 saturated heterocycles. The minimum atomic E-state index is 0.202. The molecule has 0 radical (unpaired) electrons. The van der Waals surface area contributed by atoms with Crippen LogP contribution in [-0.2, 0) is 0 Å². The van der Waals surface area contributed by atoms with Gasteiger partial charge >= 0.3 is 6.01 Å². The fraction of sp³-hybridized carbons (Fsp3) is 0.727. The molecule has 1 heterocycles. The molecule has 2 fully saturated rings. The maximum absolute atomic E-state index is 5.88. The molecule has 0 aromatic carbocycles. The molecule has 2 saturated carbocycles. The molecule has 0 bridgehead atoms. The maximum atomic E-state index is 5.88. The molecule has 92 valence electrons. The predicted molar refractivity (Wildman–Crippen MR) is 64.5 cm³/mol. The number of halogens is 1. The summed E-state index contributed by atoms with van der Waals surface area (Å²) in [6, 6.07) is 0.875. The summed E-state index contributed by atoms with van der Waals surface area (Å²) in [5.74, 6) is 1.47. The summed E-state index contributed by atoms with van der Waals surface area (Å²) in [6.45, 7) is 1.04. The van der Waals surface area contributed by atoms with Crippen LogP contribution in [0.4, 0.5) is 5.95 Å². The normalized spacial score (nSPS) is 19.2. The topological polar surface area (TPSA) is 51.1 Å². The van der Waals surface area contributed by atoms with Crippen molar-refractivity contribution in [3.8, 4) is 6.01 Å². The highest BCUT2D eigenvalue weighted by Gasteiger charge is 2.35. The van der Waals surface area contributed by atoms with Gasteiger partial charge in [-0.15, -0.1) is 0 Å². The first-order valence-corrected chi connectivity index (χ1v) is 6.36. The van der Waals surface area contributed by atoms with Crippen LogP contribution in [0.1, 0.15) is 25.7 Å². The minimum Gasteiger partial charge on any atom is -0.467 e. The summed E-state index contributed by atoms with van der Waals surface area (Å²) in [6.07, 6.45) is 5.08. The summed E-state index contributed by atoms with van der Waals surface area (Å²) < 4.78 is 5.03. The Balaban J connectivity index is 1.85. The van der Waals surface area contributed by atoms with Crippen molar-refractivity contribution in [3.63, 3.8) is 0 Å². The molecular formula is C11H15ClN4O. The van der Waals surface area contributed by atoms with Crippen LogP contribution in [0.15, 0.2) is 0 Å². The standard InChI is InChI=1S/C11H15ClN4O/c1-17-11-14-9(12)13-10(15-11)16(8-4-5-8)6-7-2-3-7/h7-8H,2-6H2,1H3. The van der Waals surface area contributed by atoms with Gasteiger partial charge in [0, 0.05) is 12.6 Å². The highest BCUT2D eigenvalue weighted by atomic mass is 35.5. The quantitative estimate of drug-likeness (QED) is 0.804. The Hall–Kier alpha value is -1.10. The highest BCUT2D eigenvalue weighted by molar-refractivity contribution is 6.28. The Morgan fingerprint density at radius 2 is 2.00 bits per heavy atom. The van der Waals surface area contributed by atoms with Crippen molar-refractivity contribution in [2.75, 3.05) is 18.6 Å². The van der Waals surface area contributed by atoms with Crippen molar-refractivity contribution < 1.29 is 4.74 Å². The summed E-state index contributed by atoms with van der Waals surface area (Å²) in [7, 11) is 1.54. The lowest BCUT2D eigenvalue weighted by atomic mass is 10.3. The molecule has 0 amide bonds. The van der Waals surface area contributed by atoms with Gasteiger partial charge in [-0.25, -0.2) is 0 Å². The Bertz CT molecular complexity index is 420. The number of hydrogen-bond donors (Lipinski definition) is 0. The largest absolute Gasteiger partial charge is 0.467 e. The Morgan fingerprint density at radius 1 is 1.24 bits per heavy atom. The van der Waals surface area contributed by atoms with Crippen LogP contribution in [0.5, 0.6) is 6.01 Å². The van der Waals surface area contributed by atoms with Crippen LogP contribution >= 0.6 is 11.6 Å². The fourth-order valence-corrected chi connectivity index (χ4v) is 2.05. The lowest BCUT2D eigenvalue weighted by Crippen LogP contribution is -2.30. The van der Waals surface area contributed by atoms with Gasteiger partial charge in [0.1, 0.15) is 0 Å². The van der Waals surface area contributed by atoms with Gasteiger partial charge in [-0.1, -0.05) is 0 Å². The number of hydrogen-bond acceptors (Lipinski definition) is 5. The zero-order chi connectivity index (χ0) is 11.8. The number of rotatable bonds is 5. The summed E-state index contributed by atoms with van der Waals surface area (Å²) in [5.41, 5.74) is 0. The van der Waals surface area contributed by atoms with Crippen LogP contribution in [-0.4, -0.2) is 34.6 Å². The van der Waals surface area contributed by atoms with Crippen molar-refractivity contribution in [1.29, 1.82) is 0 Å². The second-order valence-electron chi connectivity index (χ2n) is 4.72. The zero-order valence-corrected chi connectivity index (χ0v) is 10.5. The van der Waals surface area contributed by atoms with Gasteiger partial charge in [-0.05, 0) is 43.2 Å². The van der Waals surface area contributed by atoms with E-state index in [4.69, 9.17) is 16.3 Å². The molecular weight excluding hydrogens is 240 g/mol. The van der Waals surface area contributed by atoms with Crippen molar-refractivity contribution in [2.45, 2.75) is 31.7 Å². The molecule has 1 aromatic rings. The Labute approximate surface area is 105 Å². The van der Waals surface area contributed by atoms with E-state index in [1.54, 1.807) is 0 Å². The average Bonchev–Trinajstić information content (AvgIpc) is 3.16. The Morgan fingerprint density at radius 3 is 2.59 bits per heavy atom. The first-order valence-electron chi connectivity index (χ1n) is 5.98. The highest BCUT2D eigenvalue weighted by Crippen LogP contribution is 2.36. The lowest BCUT2D eigenvalue weighted by Gasteiger charge is -2.22. The van der Waals surface area contributed by atoms with E-state index in [-0.39, 0.29) is 5.28 Å². The van der Waals surface area contributed by atoms with E-state index < -0.39 is 0 Å². The molecule has 5 nitrogen and oxygen atoms in total. The van der Waals surface area contributed by atoms with Gasteiger partial charge in [0.05, 0.1) is 7.11 Å². The van der Waals surface area contributed by atoms with Crippen LogP contribution in [0, 0.1) is 5.92 Å². The first-order chi connectivity index (χ1) is 8.26. The molecule has 17 heavy (non-hydrogen) atoms. The number of anilines is 1. The molecule has 6 heteroatoms. The third-order valence-corrected chi connectivity index (χ3v) is 3.32. The first kappa shape index (κ1) is 11.0. The lowest BCUT2D eigenvalue weighted by molar-refractivity contribution is 0.377. The summed E-state index contributed by atoms with van der Waals surface area (Å²) in [5, 5.41) is 0.202. The van der Waals surface area contributed by atoms with E-state index in [1.807, 2.05) is 0 Å². The maximum Gasteiger partial charge on any atom is 0.322 e. The van der Waals surface area contributed by atoms with Crippen LogP contribution in [0.2, 0.25) is 5.28 Å². The van der Waals surface area contributed by atoms with Gasteiger partial charge in [0.25, 0.3) is 0 Å². The van der Waals surface area contributed by atoms with E-state index in [1.165, 1.54) is 32.8 Å². The van der Waals surface area contributed by atoms with E-state index in [0.717, 1.165) is 12.5 Å². The fourth-order valence-electron chi connectivity index (χ4n) is 1.90. The van der Waals surface area contributed by atoms with Crippen molar-refractivity contribution in [1.82, 2.24) is 15.0 Å². The molecule has 0 spiro atoms. The molecule has 2 aliphatic rings. The summed E-state index contributed by atoms with van der Waals surface area (Å²) in [4.78, 5) is 14.7. The smallest absolute Gasteiger partial charge is 0.322 e. The number of aromatic nitrogens is 3. The molecule has 0 aliphatic heterocycles. The number of nitrogens with zero attached hydrogens (tertiary/aromatic N) is 4. The van der Waals surface area contributed by atoms with E-state index in [2.05, 4.69) is 19.9 Å². The SMILES string of the molecule is COc1nc(Cl)nc(N(CC2CC2)C2CC2)n1. The summed E-state index contributed by atoms with van der Waals surface area (Å²) >= 11 is 5.88. The van der Waals surface area contributed by atoms with Crippen LogP contribution in [0.25, 0.3) is 0 Å². The Kier molecular flexibility index (Phi) is 2.78. The van der Waals surface area contributed by atoms with Crippen molar-refractivity contribution in [2.24, 2.45) is 5.92 Å². The number of ether oxygens (including phenoxy) is 1. The van der Waals surface area contributed by atoms with Crippen molar-refractivity contribution >= 4 is 17.5 Å². The van der Waals surface area contributed by atoms with Gasteiger partial charge in [-0.3, -0.25) is 0 Å². The van der Waals surface area contributed by atoms with Gasteiger partial charge < -0.3 is 9.64 Å². The molecule has 3 rings (SSSR count). The molecule has 1 aromatic heterocycles. The second-order valence-corrected chi connectivity index (χ2v) is 5.06. The van der Waals surface area contributed by atoms with E-state index >= 15 is 0 Å². The number of methoxy groups -OCH3 is 1. The second kappa shape index (κ2) is 4.29. The van der Waals surface area contributed by atoms with Gasteiger partial charge in [-0.2, -0.15) is 15.0 Å². The van der Waals surface area contributed by atoms with Gasteiger partial charge in [0.2, 0.25) is 11.2 Å². The zero-order valence-electron chi connectivity index (χ0n) is 9.77. The predicted octanol–water partition coefficient (Wildman–Crippen LogP) is 1.91. The van der Waals surface area contributed by atoms with Crippen LogP contribution < -0.4 is 9.64 Å². The molecule has 2 aliphatic carbocycles. The van der Waals surface area contributed by atoms with E-state index in [9.17, 15) is 0 Å². The average molecular weight is 255 g/mol. The third-order valence-electron chi connectivity index (χ3n) is 3.15. The molecule has 0 N–H and O–H groups in total. The third kappa shape index (κ3) is 2.60.